The summed E-state index contributed by atoms with van der Waals surface area (Å²) in [6.45, 7) is 2.08. The Labute approximate surface area is 205 Å². The molecule has 0 amide bonds. The van der Waals surface area contributed by atoms with Gasteiger partial charge in [-0.1, -0.05) is 6.07 Å². The Morgan fingerprint density at radius 2 is 1.51 bits per heavy atom. The van der Waals surface area contributed by atoms with Crippen LogP contribution in [0.5, 0.6) is 11.5 Å². The summed E-state index contributed by atoms with van der Waals surface area (Å²) in [5.74, 6) is 1.38. The first-order valence-electron chi connectivity index (χ1n) is 11.2. The number of nitrogens with zero attached hydrogens (tertiary/aromatic N) is 1. The van der Waals surface area contributed by atoms with E-state index in [4.69, 9.17) is 14.0 Å². The van der Waals surface area contributed by atoms with Crippen LogP contribution in [-0.2, 0) is 33.1 Å². The SMILES string of the molecule is COc1cc2c3c(c4ccc(NS(C)(=O)=O)cc4c2cc1OC)C[C@@H]1CCCN1C3.CS(=O)(=O)O. The fraction of sp³-hybridized carbons (Fsp3) is 0.417. The monoisotopic (exact) mass is 522 g/mol. The summed E-state index contributed by atoms with van der Waals surface area (Å²) in [6.07, 6.45) is 5.39. The Morgan fingerprint density at radius 1 is 0.914 bits per heavy atom. The molecule has 9 nitrogen and oxygen atoms in total. The van der Waals surface area contributed by atoms with Crippen molar-refractivity contribution in [2.75, 3.05) is 38.0 Å². The molecular weight excluding hydrogens is 492 g/mol. The lowest BCUT2D eigenvalue weighted by atomic mass is 9.85. The number of fused-ring (bicyclic) bond motifs is 7. The normalized spacial score (nSPS) is 17.9. The van der Waals surface area contributed by atoms with Crippen molar-refractivity contribution in [2.24, 2.45) is 0 Å². The number of methoxy groups -OCH3 is 2. The van der Waals surface area contributed by atoms with Gasteiger partial charge in [0.15, 0.2) is 11.5 Å². The first kappa shape index (κ1) is 25.5. The highest BCUT2D eigenvalue weighted by atomic mass is 32.2. The van der Waals surface area contributed by atoms with E-state index in [0.29, 0.717) is 29.5 Å². The Hall–Kier alpha value is -2.60. The molecule has 35 heavy (non-hydrogen) atoms. The average molecular weight is 523 g/mol. The summed E-state index contributed by atoms with van der Waals surface area (Å²) in [7, 11) is -3.73. The van der Waals surface area contributed by atoms with Gasteiger partial charge >= 0.3 is 0 Å². The van der Waals surface area contributed by atoms with Gasteiger partial charge in [0.2, 0.25) is 10.0 Å². The molecule has 2 aliphatic rings. The second-order valence-corrected chi connectivity index (χ2v) is 12.3. The van der Waals surface area contributed by atoms with Gasteiger partial charge in [0.05, 0.1) is 26.7 Å². The molecular formula is C24H30N2O7S2. The third-order valence-electron chi connectivity index (χ3n) is 6.45. The van der Waals surface area contributed by atoms with Crippen LogP contribution in [0.2, 0.25) is 0 Å². The van der Waals surface area contributed by atoms with Gasteiger partial charge in [-0.25, -0.2) is 8.42 Å². The van der Waals surface area contributed by atoms with Gasteiger partial charge in [0.25, 0.3) is 10.1 Å². The van der Waals surface area contributed by atoms with E-state index < -0.39 is 20.1 Å². The molecule has 0 aliphatic carbocycles. The smallest absolute Gasteiger partial charge is 0.261 e. The van der Waals surface area contributed by atoms with Gasteiger partial charge in [-0.15, -0.1) is 0 Å². The topological polar surface area (TPSA) is 122 Å². The lowest BCUT2D eigenvalue weighted by Gasteiger charge is -2.33. The van der Waals surface area contributed by atoms with Crippen molar-refractivity contribution in [1.82, 2.24) is 4.90 Å². The summed E-state index contributed by atoms with van der Waals surface area (Å²) in [4.78, 5) is 2.59. The van der Waals surface area contributed by atoms with Crippen molar-refractivity contribution in [3.05, 3.63) is 41.5 Å². The summed E-state index contributed by atoms with van der Waals surface area (Å²) >= 11 is 0. The van der Waals surface area contributed by atoms with Gasteiger partial charge in [-0.3, -0.25) is 14.2 Å². The molecule has 0 spiro atoms. The number of nitrogens with one attached hydrogen (secondary N) is 1. The number of hydrogen-bond donors (Lipinski definition) is 2. The minimum Gasteiger partial charge on any atom is -0.493 e. The summed E-state index contributed by atoms with van der Waals surface area (Å²) < 4.78 is 63.2. The lowest BCUT2D eigenvalue weighted by molar-refractivity contribution is 0.229. The minimum absolute atomic E-state index is 0.569. The number of anilines is 1. The fourth-order valence-electron chi connectivity index (χ4n) is 5.17. The molecule has 11 heteroatoms. The average Bonchev–Trinajstić information content (AvgIpc) is 3.22. The molecule has 0 radical (unpaired) electrons. The number of ether oxygens (including phenoxy) is 2. The molecule has 190 valence electrons. The van der Waals surface area contributed by atoms with E-state index in [1.807, 2.05) is 18.2 Å². The van der Waals surface area contributed by atoms with Crippen molar-refractivity contribution >= 4 is 47.4 Å². The van der Waals surface area contributed by atoms with Gasteiger partial charge in [-0.05, 0) is 82.7 Å². The Kier molecular flexibility index (Phi) is 6.89. The maximum Gasteiger partial charge on any atom is 0.261 e. The van der Waals surface area contributed by atoms with Crippen LogP contribution in [0.3, 0.4) is 0 Å². The van der Waals surface area contributed by atoms with Crippen LogP contribution in [-0.4, -0.2) is 65.6 Å². The second kappa shape index (κ2) is 9.45. The van der Waals surface area contributed by atoms with Gasteiger partial charge in [-0.2, -0.15) is 8.42 Å². The highest BCUT2D eigenvalue weighted by molar-refractivity contribution is 7.92. The third-order valence-corrected chi connectivity index (χ3v) is 7.06. The zero-order valence-corrected chi connectivity index (χ0v) is 21.8. The maximum absolute atomic E-state index is 11.8. The number of hydrogen-bond acceptors (Lipinski definition) is 7. The van der Waals surface area contributed by atoms with Crippen LogP contribution in [0, 0.1) is 0 Å². The van der Waals surface area contributed by atoms with E-state index in [9.17, 15) is 16.8 Å². The zero-order chi connectivity index (χ0) is 25.5. The largest absolute Gasteiger partial charge is 0.493 e. The van der Waals surface area contributed by atoms with Crippen LogP contribution < -0.4 is 14.2 Å². The molecule has 3 aromatic rings. The quantitative estimate of drug-likeness (QED) is 0.395. The molecule has 2 heterocycles. The van der Waals surface area contributed by atoms with E-state index in [-0.39, 0.29) is 0 Å². The molecule has 0 saturated carbocycles. The van der Waals surface area contributed by atoms with Gasteiger partial charge in [0, 0.05) is 18.3 Å². The molecule has 0 bridgehead atoms. The summed E-state index contributed by atoms with van der Waals surface area (Å²) in [5.41, 5.74) is 3.29. The Balaban J connectivity index is 0.000000527. The first-order chi connectivity index (χ1) is 16.4. The van der Waals surface area contributed by atoms with Crippen LogP contribution >= 0.6 is 0 Å². The lowest BCUT2D eigenvalue weighted by Crippen LogP contribution is -2.35. The Bertz CT molecular complexity index is 1490. The predicted octanol–water partition coefficient (Wildman–Crippen LogP) is 3.41. The molecule has 2 aliphatic heterocycles. The molecule has 2 N–H and O–H groups in total. The zero-order valence-electron chi connectivity index (χ0n) is 20.2. The maximum atomic E-state index is 11.8. The Morgan fingerprint density at radius 3 is 2.11 bits per heavy atom. The molecule has 0 unspecified atom stereocenters. The van der Waals surface area contributed by atoms with Crippen molar-refractivity contribution in [1.29, 1.82) is 0 Å². The van der Waals surface area contributed by atoms with Gasteiger partial charge in [0.1, 0.15) is 0 Å². The standard InChI is InChI=1S/C23H26N2O4S.CH4O3S/c1-28-22-11-19-17-9-14(24-30(3,26)27)6-7-16(17)18-10-15-5-4-8-25(15)13-21(18)20(19)12-23(22)29-2;1-5(2,3)4/h6-7,9,11-12,15,24H,4-5,8,10,13H2,1-3H3;1H3,(H,2,3,4)/t15-;/m0./s1. The van der Waals surface area contributed by atoms with E-state index in [1.165, 1.54) is 35.6 Å². The van der Waals surface area contributed by atoms with E-state index in [0.717, 1.165) is 35.7 Å². The van der Waals surface area contributed by atoms with Crippen molar-refractivity contribution in [2.45, 2.75) is 31.8 Å². The highest BCUT2D eigenvalue weighted by Gasteiger charge is 2.32. The molecule has 5 rings (SSSR count). The third kappa shape index (κ3) is 5.64. The van der Waals surface area contributed by atoms with Gasteiger partial charge < -0.3 is 9.47 Å². The van der Waals surface area contributed by atoms with Crippen LogP contribution in [0.1, 0.15) is 24.0 Å². The molecule has 1 atom stereocenters. The number of rotatable bonds is 4. The minimum atomic E-state index is -3.67. The van der Waals surface area contributed by atoms with Crippen molar-refractivity contribution in [3.63, 3.8) is 0 Å². The fourth-order valence-corrected chi connectivity index (χ4v) is 5.73. The van der Waals surface area contributed by atoms with Crippen molar-refractivity contribution < 1.29 is 30.9 Å². The van der Waals surface area contributed by atoms with Crippen molar-refractivity contribution in [3.8, 4) is 11.5 Å². The molecule has 0 aromatic heterocycles. The van der Waals surface area contributed by atoms with E-state index in [2.05, 4.69) is 21.8 Å². The predicted molar refractivity (Wildman–Crippen MR) is 138 cm³/mol. The number of sulfonamides is 1. The second-order valence-electron chi connectivity index (χ2n) is 9.05. The number of benzene rings is 3. The van der Waals surface area contributed by atoms with E-state index >= 15 is 0 Å². The van der Waals surface area contributed by atoms with E-state index in [1.54, 1.807) is 14.2 Å². The molecule has 1 fully saturated rings. The highest BCUT2D eigenvalue weighted by Crippen LogP contribution is 2.44. The van der Waals surface area contributed by atoms with Crippen LogP contribution in [0.4, 0.5) is 5.69 Å². The first-order valence-corrected chi connectivity index (χ1v) is 14.9. The molecule has 3 aromatic carbocycles. The summed E-state index contributed by atoms with van der Waals surface area (Å²) in [6, 6.07) is 10.5. The van der Waals surface area contributed by atoms with Crippen LogP contribution in [0.25, 0.3) is 21.5 Å². The summed E-state index contributed by atoms with van der Waals surface area (Å²) in [5, 5.41) is 4.42. The molecule has 1 saturated heterocycles. The van der Waals surface area contributed by atoms with Crippen LogP contribution in [0.15, 0.2) is 30.3 Å².